The van der Waals surface area contributed by atoms with Crippen molar-refractivity contribution in [2.75, 3.05) is 17.1 Å². The van der Waals surface area contributed by atoms with E-state index in [0.717, 1.165) is 55.3 Å². The summed E-state index contributed by atoms with van der Waals surface area (Å²) >= 11 is 12.8. The number of hydrogen-bond donors (Lipinski definition) is 1. The van der Waals surface area contributed by atoms with Gasteiger partial charge >= 0.3 is 0 Å². The lowest BCUT2D eigenvalue weighted by atomic mass is 9.48. The molecule has 0 radical (unpaired) electrons. The van der Waals surface area contributed by atoms with Gasteiger partial charge in [-0.1, -0.05) is 84.6 Å². The van der Waals surface area contributed by atoms with Crippen LogP contribution in [0.5, 0.6) is 0 Å². The van der Waals surface area contributed by atoms with Crippen LogP contribution in [0.25, 0.3) is 0 Å². The molecule has 0 heterocycles. The second kappa shape index (κ2) is 14.5. The number of nitrogens with zero attached hydrogens (tertiary/aromatic N) is 2. The highest BCUT2D eigenvalue weighted by atomic mass is 35.5. The van der Waals surface area contributed by atoms with Gasteiger partial charge in [0.25, 0.3) is 0 Å². The fourth-order valence-electron chi connectivity index (χ4n) is 9.81. The molecule has 1 atom stereocenters. The quantitative estimate of drug-likeness (QED) is 0.205. The zero-order chi connectivity index (χ0) is 35.0. The molecule has 0 saturated heterocycles. The first kappa shape index (κ1) is 35.3. The number of amides is 2. The van der Waals surface area contributed by atoms with Gasteiger partial charge in [0, 0.05) is 29.1 Å². The zero-order valence-electron chi connectivity index (χ0n) is 28.7. The van der Waals surface area contributed by atoms with Crippen LogP contribution in [0, 0.1) is 17.8 Å². The predicted octanol–water partition coefficient (Wildman–Crippen LogP) is 7.93. The maximum atomic E-state index is 14.6. The lowest BCUT2D eigenvalue weighted by Crippen LogP contribution is -2.54. The third kappa shape index (κ3) is 7.73. The molecule has 3 aromatic carbocycles. The third-order valence-corrected chi connectivity index (χ3v) is 13.5. The second-order valence-corrected chi connectivity index (χ2v) is 18.2. The van der Waals surface area contributed by atoms with Gasteiger partial charge in [-0.3, -0.25) is 13.9 Å². The predicted molar refractivity (Wildman–Crippen MR) is 200 cm³/mol. The van der Waals surface area contributed by atoms with Gasteiger partial charge < -0.3 is 10.2 Å². The minimum atomic E-state index is -3.87. The lowest BCUT2D eigenvalue weighted by molar-refractivity contribution is -0.140. The molecule has 8 rings (SSSR count). The average molecular weight is 737 g/mol. The molecular weight excluding hydrogens is 689 g/mol. The van der Waals surface area contributed by atoms with E-state index >= 15 is 0 Å². The van der Waals surface area contributed by atoms with E-state index in [1.807, 2.05) is 42.5 Å². The third-order valence-electron chi connectivity index (χ3n) is 11.8. The van der Waals surface area contributed by atoms with Crippen molar-refractivity contribution in [1.29, 1.82) is 0 Å². The highest BCUT2D eigenvalue weighted by Crippen LogP contribution is 2.60. The SMILES string of the molecule is CS(=O)(=O)N(CC(=O)N(Cc1ccc(Cl)cc1Cl)[C@H](Cc1ccccc1)C(=O)NC1CCCC1)c1ccc(C23CC4CC(CC(C4)C2)C3)cc1. The van der Waals surface area contributed by atoms with Gasteiger partial charge in [-0.25, -0.2) is 8.42 Å². The molecule has 1 N–H and O–H groups in total. The molecule has 5 fully saturated rings. The maximum Gasteiger partial charge on any atom is 0.244 e. The van der Waals surface area contributed by atoms with Crippen molar-refractivity contribution in [3.8, 4) is 0 Å². The van der Waals surface area contributed by atoms with Crippen LogP contribution in [-0.4, -0.2) is 50.0 Å². The normalized spacial score (nSPS) is 25.0. The minimum Gasteiger partial charge on any atom is -0.352 e. The first-order valence-corrected chi connectivity index (χ1v) is 20.7. The molecule has 5 aliphatic rings. The van der Waals surface area contributed by atoms with Crippen molar-refractivity contribution in [2.24, 2.45) is 17.8 Å². The summed E-state index contributed by atoms with van der Waals surface area (Å²) in [6.07, 6.45) is 12.9. The first-order chi connectivity index (χ1) is 24.0. The van der Waals surface area contributed by atoms with Gasteiger partial charge in [0.05, 0.1) is 11.9 Å². The number of halogens is 2. The van der Waals surface area contributed by atoms with Crippen LogP contribution in [0.3, 0.4) is 0 Å². The average Bonchev–Trinajstić information content (AvgIpc) is 3.58. The van der Waals surface area contributed by atoms with E-state index < -0.39 is 28.5 Å². The van der Waals surface area contributed by atoms with E-state index in [4.69, 9.17) is 23.2 Å². The number of anilines is 1. The summed E-state index contributed by atoms with van der Waals surface area (Å²) in [5, 5.41) is 4.02. The largest absolute Gasteiger partial charge is 0.352 e. The molecule has 4 bridgehead atoms. The standard InChI is InChI=1S/C40H47Cl2N3O4S/c1-50(48,49)45(35-15-12-32(13-16-35)40-22-28-17-29(23-40)19-30(18-28)24-40)26-38(46)44(25-31-11-14-33(41)21-36(31)42)37(20-27-7-3-2-4-8-27)39(47)43-34-9-5-6-10-34/h2-4,7-8,11-16,21,28-30,34,37H,5-6,9-10,17-20,22-26H2,1H3,(H,43,47)/t28?,29?,30?,37-,40?/m1/s1. The van der Waals surface area contributed by atoms with Crippen LogP contribution in [0.1, 0.15) is 80.9 Å². The van der Waals surface area contributed by atoms with Crippen LogP contribution in [-0.2, 0) is 38.0 Å². The summed E-state index contributed by atoms with van der Waals surface area (Å²) in [5.41, 5.74) is 3.39. The Morgan fingerprint density at radius 2 is 1.50 bits per heavy atom. The van der Waals surface area contributed by atoms with Crippen molar-refractivity contribution < 1.29 is 18.0 Å². The molecule has 3 aromatic rings. The fourth-order valence-corrected chi connectivity index (χ4v) is 11.1. The molecule has 50 heavy (non-hydrogen) atoms. The topological polar surface area (TPSA) is 86.8 Å². The van der Waals surface area contributed by atoms with Crippen molar-refractivity contribution >= 4 is 50.7 Å². The van der Waals surface area contributed by atoms with Crippen LogP contribution >= 0.6 is 23.2 Å². The number of carbonyl (C=O) groups excluding carboxylic acids is 2. The first-order valence-electron chi connectivity index (χ1n) is 18.1. The number of benzene rings is 3. The van der Waals surface area contributed by atoms with Crippen molar-refractivity contribution in [2.45, 2.75) is 94.7 Å². The second-order valence-electron chi connectivity index (χ2n) is 15.5. The Hall–Kier alpha value is -3.07. The van der Waals surface area contributed by atoms with Crippen LogP contribution in [0.4, 0.5) is 5.69 Å². The summed E-state index contributed by atoms with van der Waals surface area (Å²) in [5.74, 6) is 1.63. The lowest BCUT2D eigenvalue weighted by Gasteiger charge is -2.57. The molecule has 5 saturated carbocycles. The maximum absolute atomic E-state index is 14.6. The molecule has 0 aliphatic heterocycles. The Morgan fingerprint density at radius 1 is 0.880 bits per heavy atom. The molecule has 2 amide bonds. The van der Waals surface area contributed by atoms with Crippen molar-refractivity contribution in [3.63, 3.8) is 0 Å². The highest BCUT2D eigenvalue weighted by Gasteiger charge is 2.51. The molecule has 0 spiro atoms. The van der Waals surface area contributed by atoms with Gasteiger partial charge in [0.2, 0.25) is 21.8 Å². The molecule has 0 unspecified atom stereocenters. The number of rotatable bonds is 12. The van der Waals surface area contributed by atoms with Gasteiger partial charge in [-0.05, 0) is 115 Å². The van der Waals surface area contributed by atoms with Crippen LogP contribution in [0.15, 0.2) is 72.8 Å². The Balaban J connectivity index is 1.20. The Labute approximate surface area is 306 Å². The van der Waals surface area contributed by atoms with E-state index in [2.05, 4.69) is 17.4 Å². The van der Waals surface area contributed by atoms with Crippen molar-refractivity contribution in [3.05, 3.63) is 99.5 Å². The van der Waals surface area contributed by atoms with E-state index in [1.54, 1.807) is 18.2 Å². The number of nitrogens with one attached hydrogen (secondary N) is 1. The molecule has 0 aromatic heterocycles. The molecule has 7 nitrogen and oxygen atoms in total. The van der Waals surface area contributed by atoms with Gasteiger partial charge in [-0.2, -0.15) is 0 Å². The van der Waals surface area contributed by atoms with Gasteiger partial charge in [0.15, 0.2) is 0 Å². The highest BCUT2D eigenvalue weighted by molar-refractivity contribution is 7.92. The van der Waals surface area contributed by atoms with Gasteiger partial charge in [0.1, 0.15) is 12.6 Å². The summed E-state index contributed by atoms with van der Waals surface area (Å²) in [6.45, 7) is -0.449. The number of sulfonamides is 1. The number of hydrogen-bond acceptors (Lipinski definition) is 4. The van der Waals surface area contributed by atoms with Gasteiger partial charge in [-0.15, -0.1) is 0 Å². The van der Waals surface area contributed by atoms with E-state index in [0.29, 0.717) is 21.3 Å². The Kier molecular flexibility index (Phi) is 10.3. The summed E-state index contributed by atoms with van der Waals surface area (Å²) in [7, 11) is -3.87. The summed E-state index contributed by atoms with van der Waals surface area (Å²) < 4.78 is 28.0. The smallest absolute Gasteiger partial charge is 0.244 e. The van der Waals surface area contributed by atoms with Crippen LogP contribution in [0.2, 0.25) is 10.0 Å². The molecule has 10 heteroatoms. The molecule has 266 valence electrons. The van der Waals surface area contributed by atoms with Crippen molar-refractivity contribution in [1.82, 2.24) is 10.2 Å². The Morgan fingerprint density at radius 3 is 2.08 bits per heavy atom. The summed E-state index contributed by atoms with van der Waals surface area (Å²) in [6, 6.07) is 21.7. The van der Waals surface area contributed by atoms with E-state index in [1.165, 1.54) is 53.3 Å². The van der Waals surface area contributed by atoms with Crippen LogP contribution < -0.4 is 9.62 Å². The Bertz CT molecular complexity index is 1780. The zero-order valence-corrected chi connectivity index (χ0v) is 31.0. The minimum absolute atomic E-state index is 0.00693. The monoisotopic (exact) mass is 735 g/mol. The molecular formula is C40H47Cl2N3O4S. The molecule has 5 aliphatic carbocycles. The fraction of sp³-hybridized carbons (Fsp3) is 0.500. The number of carbonyl (C=O) groups is 2. The van der Waals surface area contributed by atoms with E-state index in [9.17, 15) is 18.0 Å². The summed E-state index contributed by atoms with van der Waals surface area (Å²) in [4.78, 5) is 30.2. The van der Waals surface area contributed by atoms with E-state index in [-0.39, 0.29) is 30.3 Å².